The van der Waals surface area contributed by atoms with Crippen LogP contribution in [0.5, 0.6) is 11.5 Å². The van der Waals surface area contributed by atoms with Gasteiger partial charge in [0.25, 0.3) is 0 Å². The van der Waals surface area contributed by atoms with Crippen LogP contribution >= 0.6 is 11.6 Å². The van der Waals surface area contributed by atoms with Crippen LogP contribution in [0, 0.1) is 11.6 Å². The fourth-order valence-corrected chi connectivity index (χ4v) is 3.23. The smallest absolute Gasteiger partial charge is 0.324 e. The van der Waals surface area contributed by atoms with E-state index in [-0.39, 0.29) is 22.7 Å². The van der Waals surface area contributed by atoms with Crippen LogP contribution in [0.25, 0.3) is 11.0 Å². The minimum absolute atomic E-state index is 0.117. The zero-order valence-electron chi connectivity index (χ0n) is 17.8. The second-order valence-electron chi connectivity index (χ2n) is 8.17. The van der Waals surface area contributed by atoms with E-state index < -0.39 is 23.4 Å². The highest BCUT2D eigenvalue weighted by molar-refractivity contribution is 6.36. The Bertz CT molecular complexity index is 1310. The first kappa shape index (κ1) is 22.4. The fraction of sp³-hybridized carbons (Fsp3) is 0.182. The van der Waals surface area contributed by atoms with Crippen LogP contribution in [0.15, 0.2) is 42.7 Å². The molecule has 0 aliphatic heterocycles. The van der Waals surface area contributed by atoms with Crippen molar-refractivity contribution in [2.75, 3.05) is 10.6 Å². The van der Waals surface area contributed by atoms with Crippen molar-refractivity contribution < 1.29 is 18.3 Å². The topological polar surface area (TPSA) is 105 Å². The molecule has 11 heteroatoms. The highest BCUT2D eigenvalue weighted by atomic mass is 35.5. The first-order valence-electron chi connectivity index (χ1n) is 9.82. The number of amides is 2. The summed E-state index contributed by atoms with van der Waals surface area (Å²) in [5.41, 5.74) is 0.849. The van der Waals surface area contributed by atoms with Crippen LogP contribution in [-0.4, -0.2) is 26.2 Å². The monoisotopic (exact) mass is 472 g/mol. The number of carbonyl (C=O) groups excluding carboxylic acids is 1. The van der Waals surface area contributed by atoms with Gasteiger partial charge in [-0.1, -0.05) is 32.4 Å². The number of hydrogen-bond acceptors (Lipinski definition) is 5. The summed E-state index contributed by atoms with van der Waals surface area (Å²) in [5, 5.41) is 13.5. The van der Waals surface area contributed by atoms with Gasteiger partial charge in [-0.3, -0.25) is 5.32 Å². The third-order valence-corrected chi connectivity index (χ3v) is 4.93. The van der Waals surface area contributed by atoms with Gasteiger partial charge in [-0.15, -0.1) is 5.10 Å². The Balaban J connectivity index is 1.49. The number of halogens is 3. The molecular formula is C22H19ClF2N6O2. The summed E-state index contributed by atoms with van der Waals surface area (Å²) < 4.78 is 34.7. The second kappa shape index (κ2) is 8.62. The lowest BCUT2D eigenvalue weighted by Crippen LogP contribution is -2.21. The van der Waals surface area contributed by atoms with Gasteiger partial charge in [0.15, 0.2) is 23.2 Å². The van der Waals surface area contributed by atoms with Crippen molar-refractivity contribution >= 4 is 40.2 Å². The second-order valence-corrected chi connectivity index (χ2v) is 8.58. The quantitative estimate of drug-likeness (QED) is 0.337. The summed E-state index contributed by atoms with van der Waals surface area (Å²) in [5.74, 6) is -2.37. The molecule has 0 atom stereocenters. The lowest BCUT2D eigenvalue weighted by atomic mass is 9.92. The third kappa shape index (κ3) is 4.85. The predicted octanol–water partition coefficient (Wildman–Crippen LogP) is 6.02. The highest BCUT2D eigenvalue weighted by Crippen LogP contribution is 2.36. The van der Waals surface area contributed by atoms with Crippen LogP contribution in [0.4, 0.5) is 25.1 Å². The number of benzene rings is 1. The van der Waals surface area contributed by atoms with E-state index in [1.165, 1.54) is 18.5 Å². The molecule has 8 nitrogen and oxygen atoms in total. The highest BCUT2D eigenvalue weighted by Gasteiger charge is 2.19. The van der Waals surface area contributed by atoms with Crippen molar-refractivity contribution in [3.63, 3.8) is 0 Å². The number of anilines is 2. The van der Waals surface area contributed by atoms with Crippen molar-refractivity contribution in [2.45, 2.75) is 26.2 Å². The summed E-state index contributed by atoms with van der Waals surface area (Å²) >= 11 is 6.10. The van der Waals surface area contributed by atoms with E-state index in [2.05, 4.69) is 30.8 Å². The van der Waals surface area contributed by atoms with Crippen LogP contribution in [0.1, 0.15) is 26.5 Å². The molecule has 3 aromatic heterocycles. The summed E-state index contributed by atoms with van der Waals surface area (Å²) in [4.78, 5) is 19.1. The standard InChI is InChI=1S/C22H19ClF2N6O2/c1-22(2,3)16-4-5-17(31-30-16)29-21(32)28-11-8-13(24)19(14(25)9-11)33-15-6-7-26-20-18(15)12(23)10-27-20/h4-10H,1-3H3,(H,26,27)(H2,28,29,31,32). The number of hydrogen-bond donors (Lipinski definition) is 3. The first-order valence-corrected chi connectivity index (χ1v) is 10.2. The number of nitrogens with zero attached hydrogens (tertiary/aromatic N) is 3. The Kier molecular flexibility index (Phi) is 5.86. The lowest BCUT2D eigenvalue weighted by Gasteiger charge is -2.16. The fourth-order valence-electron chi connectivity index (χ4n) is 2.99. The van der Waals surface area contributed by atoms with Crippen molar-refractivity contribution in [2.24, 2.45) is 0 Å². The van der Waals surface area contributed by atoms with E-state index in [1.807, 2.05) is 20.8 Å². The van der Waals surface area contributed by atoms with Crippen LogP contribution in [0.2, 0.25) is 5.02 Å². The van der Waals surface area contributed by atoms with Crippen molar-refractivity contribution in [1.82, 2.24) is 20.2 Å². The SMILES string of the molecule is CC(C)(C)c1ccc(NC(=O)Nc2cc(F)c(Oc3ccnc4[nH]cc(Cl)c34)c(F)c2)nn1. The minimum atomic E-state index is -1.02. The zero-order chi connectivity index (χ0) is 23.8. The van der Waals surface area contributed by atoms with Crippen LogP contribution < -0.4 is 15.4 Å². The van der Waals surface area contributed by atoms with E-state index in [4.69, 9.17) is 16.3 Å². The summed E-state index contributed by atoms with van der Waals surface area (Å²) in [6.07, 6.45) is 2.91. The molecular weight excluding hydrogens is 454 g/mol. The molecule has 0 unspecified atom stereocenters. The average Bonchev–Trinajstić information content (AvgIpc) is 3.12. The van der Waals surface area contributed by atoms with Crippen molar-refractivity contribution in [3.05, 3.63) is 65.1 Å². The van der Waals surface area contributed by atoms with Gasteiger partial charge in [-0.05, 0) is 18.2 Å². The van der Waals surface area contributed by atoms with Crippen molar-refractivity contribution in [1.29, 1.82) is 0 Å². The van der Waals surface area contributed by atoms with E-state index in [9.17, 15) is 13.6 Å². The maximum atomic E-state index is 14.6. The number of pyridine rings is 1. The molecule has 1 aromatic carbocycles. The number of nitrogens with one attached hydrogen (secondary N) is 3. The number of H-pyrrole nitrogens is 1. The molecule has 4 aromatic rings. The van der Waals surface area contributed by atoms with Gasteiger partial charge >= 0.3 is 6.03 Å². The molecule has 0 fully saturated rings. The maximum Gasteiger partial charge on any atom is 0.324 e. The molecule has 0 saturated heterocycles. The number of carbonyl (C=O) groups is 1. The molecule has 0 saturated carbocycles. The first-order chi connectivity index (χ1) is 15.6. The molecule has 2 amide bonds. The molecule has 4 rings (SSSR count). The van der Waals surface area contributed by atoms with Crippen LogP contribution in [0.3, 0.4) is 0 Å². The van der Waals surface area contributed by atoms with E-state index in [0.717, 1.165) is 17.8 Å². The number of ether oxygens (including phenoxy) is 1. The Morgan fingerprint density at radius 2 is 1.82 bits per heavy atom. The Morgan fingerprint density at radius 1 is 1.09 bits per heavy atom. The van der Waals surface area contributed by atoms with Crippen molar-refractivity contribution in [3.8, 4) is 11.5 Å². The Labute approximate surface area is 192 Å². The Morgan fingerprint density at radius 3 is 2.45 bits per heavy atom. The van der Waals surface area contributed by atoms with Gasteiger partial charge in [-0.25, -0.2) is 18.6 Å². The van der Waals surface area contributed by atoms with Gasteiger partial charge in [0.1, 0.15) is 11.4 Å². The molecule has 0 aliphatic carbocycles. The Hall–Kier alpha value is -3.79. The van der Waals surface area contributed by atoms with Gasteiger partial charge < -0.3 is 15.0 Å². The summed E-state index contributed by atoms with van der Waals surface area (Å²) in [6.45, 7) is 5.95. The van der Waals surface area contributed by atoms with E-state index in [0.29, 0.717) is 16.1 Å². The average molecular weight is 473 g/mol. The predicted molar refractivity (Wildman–Crippen MR) is 121 cm³/mol. The van der Waals surface area contributed by atoms with Gasteiger partial charge in [0.05, 0.1) is 16.1 Å². The molecule has 0 radical (unpaired) electrons. The number of rotatable bonds is 4. The molecule has 0 aliphatic rings. The van der Waals surface area contributed by atoms with E-state index in [1.54, 1.807) is 12.1 Å². The number of aromatic amines is 1. The molecule has 0 bridgehead atoms. The molecule has 33 heavy (non-hydrogen) atoms. The summed E-state index contributed by atoms with van der Waals surface area (Å²) in [7, 11) is 0. The molecule has 3 N–H and O–H groups in total. The van der Waals surface area contributed by atoms with Gasteiger partial charge in [0, 0.05) is 35.6 Å². The van der Waals surface area contributed by atoms with Gasteiger partial charge in [-0.2, -0.15) is 5.10 Å². The number of urea groups is 1. The normalized spacial score (nSPS) is 11.5. The summed E-state index contributed by atoms with van der Waals surface area (Å²) in [6, 6.07) is 5.89. The lowest BCUT2D eigenvalue weighted by molar-refractivity contribution is 0.262. The third-order valence-electron chi connectivity index (χ3n) is 4.63. The van der Waals surface area contributed by atoms with Crippen LogP contribution in [-0.2, 0) is 5.41 Å². The van der Waals surface area contributed by atoms with Gasteiger partial charge in [0.2, 0.25) is 0 Å². The molecule has 3 heterocycles. The maximum absolute atomic E-state index is 14.6. The minimum Gasteiger partial charge on any atom is -0.450 e. The largest absolute Gasteiger partial charge is 0.450 e. The zero-order valence-corrected chi connectivity index (χ0v) is 18.6. The van der Waals surface area contributed by atoms with E-state index >= 15 is 0 Å². The molecule has 170 valence electrons. The number of fused-ring (bicyclic) bond motifs is 1. The number of aromatic nitrogens is 4. The molecule has 0 spiro atoms.